The van der Waals surface area contributed by atoms with Crippen molar-refractivity contribution in [2.75, 3.05) is 0 Å². The van der Waals surface area contributed by atoms with Crippen LogP contribution >= 0.6 is 0 Å². The van der Waals surface area contributed by atoms with Gasteiger partial charge in [0.15, 0.2) is 0 Å². The minimum Gasteiger partial charge on any atom is -0.444 e. The van der Waals surface area contributed by atoms with Crippen LogP contribution in [0.2, 0.25) is 0 Å². The molecule has 0 aromatic carbocycles. The zero-order valence-electron chi connectivity index (χ0n) is 11.4. The van der Waals surface area contributed by atoms with Crippen molar-refractivity contribution in [1.29, 1.82) is 0 Å². The van der Waals surface area contributed by atoms with E-state index in [9.17, 15) is 9.59 Å². The van der Waals surface area contributed by atoms with Crippen LogP contribution in [0.3, 0.4) is 0 Å². The third-order valence-electron chi connectivity index (χ3n) is 2.67. The van der Waals surface area contributed by atoms with Crippen LogP contribution < -0.4 is 5.32 Å². The zero-order chi connectivity index (χ0) is 13.3. The molecule has 0 spiro atoms. The van der Waals surface area contributed by atoms with Gasteiger partial charge in [-0.3, -0.25) is 4.79 Å². The molecule has 4 nitrogen and oxygen atoms in total. The number of alkyl carbamates (subject to hydrolysis) is 1. The van der Waals surface area contributed by atoms with Gasteiger partial charge in [-0.05, 0) is 32.6 Å². The Morgan fingerprint density at radius 2 is 2.00 bits per heavy atom. The summed E-state index contributed by atoms with van der Waals surface area (Å²) >= 11 is 0. The van der Waals surface area contributed by atoms with Gasteiger partial charge in [0.2, 0.25) is 0 Å². The van der Waals surface area contributed by atoms with Crippen molar-refractivity contribution in [2.24, 2.45) is 5.41 Å². The summed E-state index contributed by atoms with van der Waals surface area (Å²) in [5, 5.41) is 2.78. The first kappa shape index (κ1) is 14.0. The van der Waals surface area contributed by atoms with Crippen LogP contribution in [-0.4, -0.2) is 23.5 Å². The standard InChI is InChI=1S/C13H23NO3/c1-12(2,3)17-11(16)14-9-6-10(15)8-13(4,5)7-9/h9H,6-8H2,1-5H3,(H,14,16)/t9-/m0/s1. The van der Waals surface area contributed by atoms with E-state index in [0.29, 0.717) is 12.8 Å². The average Bonchev–Trinajstić information content (AvgIpc) is 1.93. The van der Waals surface area contributed by atoms with E-state index in [0.717, 1.165) is 6.42 Å². The quantitative estimate of drug-likeness (QED) is 0.768. The van der Waals surface area contributed by atoms with Crippen molar-refractivity contribution in [1.82, 2.24) is 5.32 Å². The topological polar surface area (TPSA) is 55.4 Å². The lowest BCUT2D eigenvalue weighted by atomic mass is 9.74. The van der Waals surface area contributed by atoms with Gasteiger partial charge in [0.05, 0.1) is 0 Å². The van der Waals surface area contributed by atoms with E-state index in [2.05, 4.69) is 5.32 Å². The number of carbonyl (C=O) groups excluding carboxylic acids is 2. The highest BCUT2D eigenvalue weighted by Gasteiger charge is 2.34. The van der Waals surface area contributed by atoms with Crippen LogP contribution in [0.5, 0.6) is 0 Å². The highest BCUT2D eigenvalue weighted by Crippen LogP contribution is 2.33. The Bertz CT molecular complexity index is 315. The normalized spacial score (nSPS) is 24.3. The Hall–Kier alpha value is -1.06. The van der Waals surface area contributed by atoms with Crippen LogP contribution in [0.25, 0.3) is 0 Å². The second-order valence-corrected chi connectivity index (χ2v) is 6.63. The first-order valence-electron chi connectivity index (χ1n) is 6.09. The van der Waals surface area contributed by atoms with Gasteiger partial charge in [0, 0.05) is 18.9 Å². The first-order chi connectivity index (χ1) is 7.57. The molecule has 17 heavy (non-hydrogen) atoms. The Morgan fingerprint density at radius 1 is 1.41 bits per heavy atom. The molecule has 0 heterocycles. The minimum absolute atomic E-state index is 0.0327. The Morgan fingerprint density at radius 3 is 2.47 bits per heavy atom. The fraction of sp³-hybridized carbons (Fsp3) is 0.846. The first-order valence-corrected chi connectivity index (χ1v) is 6.09. The average molecular weight is 241 g/mol. The third kappa shape index (κ3) is 5.20. The molecule has 4 heteroatoms. The molecule has 0 saturated heterocycles. The van der Waals surface area contributed by atoms with Gasteiger partial charge in [-0.1, -0.05) is 13.8 Å². The molecular formula is C13H23NO3. The smallest absolute Gasteiger partial charge is 0.407 e. The number of carbonyl (C=O) groups is 2. The number of hydrogen-bond acceptors (Lipinski definition) is 3. The fourth-order valence-corrected chi connectivity index (χ4v) is 2.27. The molecule has 1 saturated carbocycles. The highest BCUT2D eigenvalue weighted by molar-refractivity contribution is 5.81. The monoisotopic (exact) mass is 241 g/mol. The van der Waals surface area contributed by atoms with Gasteiger partial charge < -0.3 is 10.1 Å². The largest absolute Gasteiger partial charge is 0.444 e. The van der Waals surface area contributed by atoms with E-state index >= 15 is 0 Å². The van der Waals surface area contributed by atoms with Crippen molar-refractivity contribution in [3.8, 4) is 0 Å². The van der Waals surface area contributed by atoms with E-state index in [4.69, 9.17) is 4.74 Å². The molecule has 1 aliphatic carbocycles. The molecule has 1 rings (SSSR count). The Labute approximate surface area is 103 Å². The second-order valence-electron chi connectivity index (χ2n) is 6.63. The van der Waals surface area contributed by atoms with Crippen molar-refractivity contribution in [3.05, 3.63) is 0 Å². The van der Waals surface area contributed by atoms with E-state index in [-0.39, 0.29) is 17.2 Å². The number of Topliss-reactive ketones (excluding diaryl/α,β-unsaturated/α-hetero) is 1. The molecule has 0 bridgehead atoms. The summed E-state index contributed by atoms with van der Waals surface area (Å²) in [5.74, 6) is 0.210. The predicted molar refractivity (Wildman–Crippen MR) is 65.8 cm³/mol. The molecular weight excluding hydrogens is 218 g/mol. The molecule has 0 aliphatic heterocycles. The van der Waals surface area contributed by atoms with Crippen molar-refractivity contribution >= 4 is 11.9 Å². The lowest BCUT2D eigenvalue weighted by Gasteiger charge is -2.34. The van der Waals surface area contributed by atoms with Crippen LogP contribution in [0.15, 0.2) is 0 Å². The van der Waals surface area contributed by atoms with E-state index in [1.54, 1.807) is 0 Å². The molecule has 1 aliphatic rings. The van der Waals surface area contributed by atoms with Crippen molar-refractivity contribution < 1.29 is 14.3 Å². The minimum atomic E-state index is -0.502. The summed E-state index contributed by atoms with van der Waals surface area (Å²) in [6, 6.07) is -0.0962. The summed E-state index contributed by atoms with van der Waals surface area (Å²) in [6.45, 7) is 9.56. The molecule has 0 radical (unpaired) electrons. The highest BCUT2D eigenvalue weighted by atomic mass is 16.6. The molecule has 0 aromatic heterocycles. The maximum atomic E-state index is 11.6. The number of rotatable bonds is 1. The number of hydrogen-bond donors (Lipinski definition) is 1. The SMILES string of the molecule is CC1(C)CC(=O)C[C@H](NC(=O)OC(C)(C)C)C1. The molecule has 0 unspecified atom stereocenters. The third-order valence-corrected chi connectivity index (χ3v) is 2.67. The maximum absolute atomic E-state index is 11.6. The molecule has 1 amide bonds. The number of amides is 1. The molecule has 1 fully saturated rings. The van der Waals surface area contributed by atoms with E-state index in [1.807, 2.05) is 34.6 Å². The molecule has 98 valence electrons. The Balaban J connectivity index is 2.51. The van der Waals surface area contributed by atoms with Crippen LogP contribution in [0.4, 0.5) is 4.79 Å². The van der Waals surface area contributed by atoms with Crippen molar-refractivity contribution in [2.45, 2.75) is 65.5 Å². The maximum Gasteiger partial charge on any atom is 0.407 e. The lowest BCUT2D eigenvalue weighted by molar-refractivity contribution is -0.123. The van der Waals surface area contributed by atoms with Crippen LogP contribution in [-0.2, 0) is 9.53 Å². The van der Waals surface area contributed by atoms with Gasteiger partial charge in [0.1, 0.15) is 11.4 Å². The lowest BCUT2D eigenvalue weighted by Crippen LogP contribution is -2.45. The van der Waals surface area contributed by atoms with Crippen LogP contribution in [0, 0.1) is 5.41 Å². The van der Waals surface area contributed by atoms with Gasteiger partial charge in [-0.15, -0.1) is 0 Å². The number of nitrogens with one attached hydrogen (secondary N) is 1. The molecule has 1 N–H and O–H groups in total. The number of ketones is 1. The van der Waals surface area contributed by atoms with Crippen LogP contribution in [0.1, 0.15) is 53.9 Å². The fourth-order valence-electron chi connectivity index (χ4n) is 2.27. The molecule has 1 atom stereocenters. The number of ether oxygens (including phenoxy) is 1. The summed E-state index contributed by atoms with van der Waals surface area (Å²) in [4.78, 5) is 23.2. The summed E-state index contributed by atoms with van der Waals surface area (Å²) in [7, 11) is 0. The van der Waals surface area contributed by atoms with Gasteiger partial charge in [-0.2, -0.15) is 0 Å². The summed E-state index contributed by atoms with van der Waals surface area (Å²) in [5.41, 5.74) is -0.534. The Kier molecular flexibility index (Phi) is 3.84. The zero-order valence-corrected chi connectivity index (χ0v) is 11.4. The molecule has 0 aromatic rings. The van der Waals surface area contributed by atoms with Gasteiger partial charge in [0.25, 0.3) is 0 Å². The van der Waals surface area contributed by atoms with Crippen molar-refractivity contribution in [3.63, 3.8) is 0 Å². The van der Waals surface area contributed by atoms with E-state index in [1.165, 1.54) is 0 Å². The summed E-state index contributed by atoms with van der Waals surface area (Å²) < 4.78 is 5.18. The van der Waals surface area contributed by atoms with Gasteiger partial charge >= 0.3 is 6.09 Å². The van der Waals surface area contributed by atoms with Gasteiger partial charge in [-0.25, -0.2) is 4.79 Å². The second kappa shape index (κ2) is 4.67. The summed E-state index contributed by atoms with van der Waals surface area (Å²) in [6.07, 6.45) is 1.40. The van der Waals surface area contributed by atoms with E-state index < -0.39 is 11.7 Å². The predicted octanol–water partition coefficient (Wildman–Crippen LogP) is 2.66.